The van der Waals surface area contributed by atoms with E-state index in [1.54, 1.807) is 35.8 Å². The Morgan fingerprint density at radius 3 is 2.33 bits per heavy atom. The molecule has 1 aromatic heterocycles. The second-order valence-corrected chi connectivity index (χ2v) is 9.72. The van der Waals surface area contributed by atoms with Crippen LogP contribution in [-0.4, -0.2) is 69.1 Å². The summed E-state index contributed by atoms with van der Waals surface area (Å²) in [6.07, 6.45) is 5.42. The first kappa shape index (κ1) is 20.9. The van der Waals surface area contributed by atoms with Gasteiger partial charge in [-0.2, -0.15) is 9.29 Å². The topological polar surface area (TPSA) is 78.9 Å². The van der Waals surface area contributed by atoms with E-state index in [9.17, 15) is 8.42 Å². The van der Waals surface area contributed by atoms with E-state index in [0.717, 1.165) is 30.4 Å². The molecule has 30 heavy (non-hydrogen) atoms. The molecular weight excluding hydrogens is 402 g/mol. The number of rotatable bonds is 5. The number of sulfonamides is 1. The fourth-order valence-electron chi connectivity index (χ4n) is 4.08. The van der Waals surface area contributed by atoms with E-state index in [-0.39, 0.29) is 0 Å². The summed E-state index contributed by atoms with van der Waals surface area (Å²) in [5.41, 5.74) is 0.809. The SMILES string of the molecule is COc1ccc(S(=O)(=O)N2CCN(c3ccnc(N4CCCCC4)n3)CC2)cc1C. The number of ether oxygens (including phenoxy) is 1. The van der Waals surface area contributed by atoms with Crippen molar-refractivity contribution in [2.45, 2.75) is 31.1 Å². The molecule has 4 rings (SSSR count). The normalized spacial score (nSPS) is 18.5. The van der Waals surface area contributed by atoms with Crippen molar-refractivity contribution in [3.8, 4) is 5.75 Å². The number of hydrogen-bond donors (Lipinski definition) is 0. The van der Waals surface area contributed by atoms with Crippen molar-refractivity contribution in [2.24, 2.45) is 0 Å². The maximum atomic E-state index is 13.1. The Hall–Kier alpha value is -2.39. The maximum Gasteiger partial charge on any atom is 0.243 e. The van der Waals surface area contributed by atoms with Gasteiger partial charge in [-0.15, -0.1) is 0 Å². The highest BCUT2D eigenvalue weighted by Crippen LogP contribution is 2.25. The predicted octanol–water partition coefficient (Wildman–Crippen LogP) is 2.29. The van der Waals surface area contributed by atoms with Gasteiger partial charge in [-0.3, -0.25) is 0 Å². The zero-order valence-corrected chi connectivity index (χ0v) is 18.4. The van der Waals surface area contributed by atoms with Crippen molar-refractivity contribution in [3.63, 3.8) is 0 Å². The third-order valence-corrected chi connectivity index (χ3v) is 7.73. The molecule has 8 nitrogen and oxygen atoms in total. The minimum absolute atomic E-state index is 0.309. The Kier molecular flexibility index (Phi) is 6.10. The molecule has 0 atom stereocenters. The Morgan fingerprint density at radius 1 is 0.933 bits per heavy atom. The number of aromatic nitrogens is 2. The van der Waals surface area contributed by atoms with Gasteiger partial charge in [0.05, 0.1) is 12.0 Å². The van der Waals surface area contributed by atoms with E-state index in [2.05, 4.69) is 14.8 Å². The molecule has 2 aliphatic rings. The Labute approximate surface area is 178 Å². The van der Waals surface area contributed by atoms with Gasteiger partial charge in [0.15, 0.2) is 0 Å². The van der Waals surface area contributed by atoms with Crippen LogP contribution >= 0.6 is 0 Å². The zero-order valence-electron chi connectivity index (χ0n) is 17.6. The summed E-state index contributed by atoms with van der Waals surface area (Å²) in [7, 11) is -1.95. The molecule has 9 heteroatoms. The average molecular weight is 432 g/mol. The fraction of sp³-hybridized carbons (Fsp3) is 0.524. The van der Waals surface area contributed by atoms with Crippen molar-refractivity contribution in [1.82, 2.24) is 14.3 Å². The highest BCUT2D eigenvalue weighted by Gasteiger charge is 2.29. The van der Waals surface area contributed by atoms with Gasteiger partial charge in [-0.05, 0) is 56.0 Å². The number of hydrogen-bond acceptors (Lipinski definition) is 7. The van der Waals surface area contributed by atoms with E-state index in [1.807, 2.05) is 13.0 Å². The lowest BCUT2D eigenvalue weighted by Gasteiger charge is -2.35. The second-order valence-electron chi connectivity index (χ2n) is 7.79. The number of piperazine rings is 1. The van der Waals surface area contributed by atoms with Gasteiger partial charge in [0.1, 0.15) is 11.6 Å². The first-order chi connectivity index (χ1) is 14.5. The molecule has 0 N–H and O–H groups in total. The quantitative estimate of drug-likeness (QED) is 0.719. The van der Waals surface area contributed by atoms with Crippen molar-refractivity contribution < 1.29 is 13.2 Å². The molecule has 0 aliphatic carbocycles. The lowest BCUT2D eigenvalue weighted by Crippen LogP contribution is -2.49. The van der Waals surface area contributed by atoms with Gasteiger partial charge in [-0.25, -0.2) is 13.4 Å². The second kappa shape index (κ2) is 8.77. The summed E-state index contributed by atoms with van der Waals surface area (Å²) >= 11 is 0. The fourth-order valence-corrected chi connectivity index (χ4v) is 5.59. The van der Waals surface area contributed by atoms with Gasteiger partial charge >= 0.3 is 0 Å². The van der Waals surface area contributed by atoms with Crippen LogP contribution in [-0.2, 0) is 10.0 Å². The largest absolute Gasteiger partial charge is 0.496 e. The Balaban J connectivity index is 1.44. The summed E-state index contributed by atoms with van der Waals surface area (Å²) in [5.74, 6) is 2.32. The van der Waals surface area contributed by atoms with Crippen LogP contribution in [0.3, 0.4) is 0 Å². The molecule has 0 radical (unpaired) electrons. The molecule has 0 saturated carbocycles. The molecule has 2 fully saturated rings. The van der Waals surface area contributed by atoms with Crippen LogP contribution < -0.4 is 14.5 Å². The lowest BCUT2D eigenvalue weighted by atomic mass is 10.1. The first-order valence-corrected chi connectivity index (χ1v) is 11.9. The molecule has 2 aliphatic heterocycles. The molecule has 0 bridgehead atoms. The van der Waals surface area contributed by atoms with E-state index in [0.29, 0.717) is 36.8 Å². The number of anilines is 2. The van der Waals surface area contributed by atoms with Crippen LogP contribution in [0.4, 0.5) is 11.8 Å². The Bertz CT molecular complexity index is 984. The molecule has 0 amide bonds. The summed E-state index contributed by atoms with van der Waals surface area (Å²) in [4.78, 5) is 13.9. The van der Waals surface area contributed by atoms with Crippen molar-refractivity contribution in [2.75, 3.05) is 56.2 Å². The molecule has 3 heterocycles. The van der Waals surface area contributed by atoms with Crippen LogP contribution in [0.15, 0.2) is 35.4 Å². The lowest BCUT2D eigenvalue weighted by molar-refractivity contribution is 0.383. The molecule has 2 aromatic rings. The van der Waals surface area contributed by atoms with Gasteiger partial charge < -0.3 is 14.5 Å². The smallest absolute Gasteiger partial charge is 0.243 e. The summed E-state index contributed by atoms with van der Waals surface area (Å²) in [6.45, 7) is 5.90. The number of piperidine rings is 1. The highest BCUT2D eigenvalue weighted by atomic mass is 32.2. The molecule has 2 saturated heterocycles. The van der Waals surface area contributed by atoms with Crippen molar-refractivity contribution >= 4 is 21.8 Å². The molecule has 0 spiro atoms. The molecule has 0 unspecified atom stereocenters. The monoisotopic (exact) mass is 431 g/mol. The summed E-state index contributed by atoms with van der Waals surface area (Å²) in [6, 6.07) is 6.91. The van der Waals surface area contributed by atoms with Crippen LogP contribution in [0.1, 0.15) is 24.8 Å². The number of nitrogens with zero attached hydrogens (tertiary/aromatic N) is 5. The van der Waals surface area contributed by atoms with Crippen molar-refractivity contribution in [1.29, 1.82) is 0 Å². The van der Waals surface area contributed by atoms with Crippen LogP contribution in [0.5, 0.6) is 5.75 Å². The van der Waals surface area contributed by atoms with Gasteiger partial charge in [0, 0.05) is 45.5 Å². The van der Waals surface area contributed by atoms with E-state index in [1.165, 1.54) is 19.3 Å². The summed E-state index contributed by atoms with van der Waals surface area (Å²) < 4.78 is 33.0. The number of benzene rings is 1. The third-order valence-electron chi connectivity index (χ3n) is 5.83. The van der Waals surface area contributed by atoms with Gasteiger partial charge in [0.25, 0.3) is 0 Å². The molecular formula is C21H29N5O3S. The standard InChI is InChI=1S/C21H29N5O3S/c1-17-16-18(6-7-19(17)29-2)30(27,28)26-14-12-24(13-15-26)20-8-9-22-21(23-20)25-10-4-3-5-11-25/h6-9,16H,3-5,10-15H2,1-2H3. The third kappa shape index (κ3) is 4.22. The van der Waals surface area contributed by atoms with Crippen LogP contribution in [0.25, 0.3) is 0 Å². The predicted molar refractivity (Wildman–Crippen MR) is 117 cm³/mol. The van der Waals surface area contributed by atoms with E-state index in [4.69, 9.17) is 9.72 Å². The number of methoxy groups -OCH3 is 1. The average Bonchev–Trinajstić information content (AvgIpc) is 2.80. The van der Waals surface area contributed by atoms with Gasteiger partial charge in [-0.1, -0.05) is 0 Å². The first-order valence-electron chi connectivity index (χ1n) is 10.5. The van der Waals surface area contributed by atoms with Crippen molar-refractivity contribution in [3.05, 3.63) is 36.0 Å². The Morgan fingerprint density at radius 2 is 1.67 bits per heavy atom. The minimum Gasteiger partial charge on any atom is -0.496 e. The highest BCUT2D eigenvalue weighted by molar-refractivity contribution is 7.89. The summed E-state index contributed by atoms with van der Waals surface area (Å²) in [5, 5.41) is 0. The maximum absolute atomic E-state index is 13.1. The van der Waals surface area contributed by atoms with E-state index >= 15 is 0 Å². The number of aryl methyl sites for hydroxylation is 1. The zero-order chi connectivity index (χ0) is 21.1. The molecule has 1 aromatic carbocycles. The minimum atomic E-state index is -3.53. The van der Waals surface area contributed by atoms with Gasteiger partial charge in [0.2, 0.25) is 16.0 Å². The van der Waals surface area contributed by atoms with Crippen LogP contribution in [0, 0.1) is 6.92 Å². The molecule has 162 valence electrons. The van der Waals surface area contributed by atoms with Crippen LogP contribution in [0.2, 0.25) is 0 Å². The van der Waals surface area contributed by atoms with E-state index < -0.39 is 10.0 Å².